The molecule has 0 aliphatic carbocycles. The number of benzene rings is 1. The molecule has 0 aliphatic rings. The van der Waals surface area contributed by atoms with Gasteiger partial charge in [0.1, 0.15) is 0 Å². The average Bonchev–Trinajstić information content (AvgIpc) is 3.53. The number of carbonyl (C=O) groups is 1. The normalized spacial score (nSPS) is 11.0. The number of aromatic nitrogens is 5. The Labute approximate surface area is 178 Å². The lowest BCUT2D eigenvalue weighted by molar-refractivity contribution is -0.118. The first-order chi connectivity index (χ1) is 14.7. The lowest BCUT2D eigenvalue weighted by Gasteiger charge is -2.11. The van der Waals surface area contributed by atoms with Crippen LogP contribution in [0.1, 0.15) is 18.1 Å². The summed E-state index contributed by atoms with van der Waals surface area (Å²) in [6, 6.07) is 13.6. The minimum absolute atomic E-state index is 0.0564. The van der Waals surface area contributed by atoms with Crippen molar-refractivity contribution in [2.24, 2.45) is 0 Å². The van der Waals surface area contributed by atoms with Gasteiger partial charge in [-0.1, -0.05) is 36.0 Å². The van der Waals surface area contributed by atoms with Crippen LogP contribution in [0.2, 0.25) is 0 Å². The van der Waals surface area contributed by atoms with E-state index in [4.69, 9.17) is 4.42 Å². The number of furan rings is 1. The summed E-state index contributed by atoms with van der Waals surface area (Å²) < 4.78 is 9.23. The van der Waals surface area contributed by atoms with Crippen molar-refractivity contribution in [3.63, 3.8) is 0 Å². The van der Waals surface area contributed by atoms with Gasteiger partial charge in [0.05, 0.1) is 18.6 Å². The quantitative estimate of drug-likeness (QED) is 0.417. The summed E-state index contributed by atoms with van der Waals surface area (Å²) in [5.41, 5.74) is 2.20. The van der Waals surface area contributed by atoms with Crippen LogP contribution in [0.3, 0.4) is 0 Å². The number of hydrogen-bond acceptors (Lipinski definition) is 6. The SMILES string of the molecule is CCn1c(SCC(=O)NCc2ccccc2Cn2cccn2)nnc1-c1ccco1. The first-order valence-electron chi connectivity index (χ1n) is 9.65. The largest absolute Gasteiger partial charge is 0.461 e. The van der Waals surface area contributed by atoms with Crippen molar-refractivity contribution in [3.8, 4) is 11.6 Å². The Hall–Kier alpha value is -3.33. The van der Waals surface area contributed by atoms with E-state index in [2.05, 4.69) is 26.7 Å². The van der Waals surface area contributed by atoms with Crippen LogP contribution < -0.4 is 5.32 Å². The Morgan fingerprint density at radius 1 is 1.13 bits per heavy atom. The van der Waals surface area contributed by atoms with Crippen LogP contribution in [0.25, 0.3) is 11.6 Å². The van der Waals surface area contributed by atoms with Crippen LogP contribution in [-0.2, 0) is 24.4 Å². The Morgan fingerprint density at radius 2 is 2.00 bits per heavy atom. The van der Waals surface area contributed by atoms with E-state index < -0.39 is 0 Å². The molecule has 0 bridgehead atoms. The number of nitrogens with zero attached hydrogens (tertiary/aromatic N) is 5. The van der Waals surface area contributed by atoms with E-state index in [0.717, 1.165) is 11.1 Å². The van der Waals surface area contributed by atoms with Crippen LogP contribution in [0.15, 0.2) is 70.7 Å². The highest BCUT2D eigenvalue weighted by atomic mass is 32.2. The molecule has 1 N–H and O–H groups in total. The Bertz CT molecular complexity index is 1090. The summed E-state index contributed by atoms with van der Waals surface area (Å²) in [7, 11) is 0. The number of thioether (sulfide) groups is 1. The topological polar surface area (TPSA) is 90.8 Å². The molecule has 30 heavy (non-hydrogen) atoms. The molecule has 0 spiro atoms. The summed E-state index contributed by atoms with van der Waals surface area (Å²) in [6.45, 7) is 3.84. The minimum Gasteiger partial charge on any atom is -0.461 e. The van der Waals surface area contributed by atoms with E-state index >= 15 is 0 Å². The standard InChI is InChI=1S/C21H22N6O2S/c1-2-27-20(18-9-5-12-29-18)24-25-21(27)30-15-19(28)22-13-16-7-3-4-8-17(16)14-26-11-6-10-23-26/h3-12H,2,13-15H2,1H3,(H,22,28). The van der Waals surface area contributed by atoms with Crippen molar-refractivity contribution in [1.82, 2.24) is 29.9 Å². The lowest BCUT2D eigenvalue weighted by Crippen LogP contribution is -2.25. The Morgan fingerprint density at radius 3 is 2.73 bits per heavy atom. The molecule has 3 heterocycles. The predicted octanol–water partition coefficient (Wildman–Crippen LogP) is 3.21. The van der Waals surface area contributed by atoms with Crippen molar-refractivity contribution in [2.45, 2.75) is 31.7 Å². The van der Waals surface area contributed by atoms with E-state index in [9.17, 15) is 4.79 Å². The molecular formula is C21H22N6O2S. The third kappa shape index (κ3) is 4.62. The molecule has 9 heteroatoms. The third-order valence-electron chi connectivity index (χ3n) is 4.59. The molecule has 4 aromatic rings. The zero-order chi connectivity index (χ0) is 20.8. The molecule has 4 rings (SSSR count). The van der Waals surface area contributed by atoms with Crippen molar-refractivity contribution < 1.29 is 9.21 Å². The summed E-state index contributed by atoms with van der Waals surface area (Å²) in [4.78, 5) is 12.4. The van der Waals surface area contributed by atoms with E-state index in [1.165, 1.54) is 11.8 Å². The number of carbonyl (C=O) groups excluding carboxylic acids is 1. The predicted molar refractivity (Wildman–Crippen MR) is 114 cm³/mol. The maximum Gasteiger partial charge on any atom is 0.230 e. The van der Waals surface area contributed by atoms with Gasteiger partial charge in [-0.05, 0) is 36.2 Å². The van der Waals surface area contributed by atoms with Gasteiger partial charge in [0.25, 0.3) is 0 Å². The Kier molecular flexibility index (Phi) is 6.29. The molecule has 0 atom stereocenters. The van der Waals surface area contributed by atoms with Gasteiger partial charge in [-0.3, -0.25) is 14.0 Å². The zero-order valence-corrected chi connectivity index (χ0v) is 17.4. The molecule has 1 amide bonds. The van der Waals surface area contributed by atoms with Crippen LogP contribution in [0.4, 0.5) is 0 Å². The second-order valence-electron chi connectivity index (χ2n) is 6.57. The average molecular weight is 423 g/mol. The summed E-state index contributed by atoms with van der Waals surface area (Å²) in [6.07, 6.45) is 5.29. The number of amides is 1. The van der Waals surface area contributed by atoms with Crippen LogP contribution in [-0.4, -0.2) is 36.2 Å². The van der Waals surface area contributed by atoms with Gasteiger partial charge in [-0.2, -0.15) is 5.10 Å². The molecule has 0 fully saturated rings. The second kappa shape index (κ2) is 9.45. The molecule has 0 unspecified atom stereocenters. The monoisotopic (exact) mass is 422 g/mol. The second-order valence-corrected chi connectivity index (χ2v) is 7.51. The van der Waals surface area contributed by atoms with E-state index in [1.807, 2.05) is 58.8 Å². The van der Waals surface area contributed by atoms with Gasteiger partial charge in [0.15, 0.2) is 16.7 Å². The maximum atomic E-state index is 12.4. The fourth-order valence-corrected chi connectivity index (χ4v) is 3.93. The molecule has 3 aromatic heterocycles. The van der Waals surface area contributed by atoms with Crippen molar-refractivity contribution in [2.75, 3.05) is 5.75 Å². The van der Waals surface area contributed by atoms with E-state index in [1.54, 1.807) is 12.5 Å². The molecule has 1 aromatic carbocycles. The highest BCUT2D eigenvalue weighted by molar-refractivity contribution is 7.99. The third-order valence-corrected chi connectivity index (χ3v) is 5.56. The van der Waals surface area contributed by atoms with E-state index in [-0.39, 0.29) is 11.7 Å². The fraction of sp³-hybridized carbons (Fsp3) is 0.238. The fourth-order valence-electron chi connectivity index (χ4n) is 3.10. The van der Waals surface area contributed by atoms with Gasteiger partial charge >= 0.3 is 0 Å². The molecule has 0 saturated carbocycles. The summed E-state index contributed by atoms with van der Waals surface area (Å²) in [5.74, 6) is 1.53. The lowest BCUT2D eigenvalue weighted by atomic mass is 10.1. The molecule has 0 aliphatic heterocycles. The first kappa shape index (κ1) is 20.0. The van der Waals surface area contributed by atoms with Gasteiger partial charge < -0.3 is 9.73 Å². The first-order valence-corrected chi connectivity index (χ1v) is 10.6. The number of rotatable bonds is 9. The molecule has 0 radical (unpaired) electrons. The van der Waals surface area contributed by atoms with Gasteiger partial charge in [0.2, 0.25) is 5.91 Å². The molecular weight excluding hydrogens is 400 g/mol. The van der Waals surface area contributed by atoms with Crippen LogP contribution in [0.5, 0.6) is 0 Å². The molecule has 154 valence electrons. The van der Waals surface area contributed by atoms with Crippen LogP contribution >= 0.6 is 11.8 Å². The van der Waals surface area contributed by atoms with Crippen molar-refractivity contribution in [1.29, 1.82) is 0 Å². The van der Waals surface area contributed by atoms with E-state index in [0.29, 0.717) is 36.4 Å². The Balaban J connectivity index is 1.34. The van der Waals surface area contributed by atoms with Crippen molar-refractivity contribution in [3.05, 3.63) is 72.2 Å². The zero-order valence-electron chi connectivity index (χ0n) is 16.6. The summed E-state index contributed by atoms with van der Waals surface area (Å²) in [5, 5.41) is 16.4. The minimum atomic E-state index is -0.0564. The number of hydrogen-bond donors (Lipinski definition) is 1. The van der Waals surface area contributed by atoms with Gasteiger partial charge in [-0.25, -0.2) is 0 Å². The molecule has 0 saturated heterocycles. The smallest absolute Gasteiger partial charge is 0.230 e. The molecule has 8 nitrogen and oxygen atoms in total. The van der Waals surface area contributed by atoms with Crippen molar-refractivity contribution >= 4 is 17.7 Å². The number of nitrogens with one attached hydrogen (secondary N) is 1. The highest BCUT2D eigenvalue weighted by Gasteiger charge is 2.16. The summed E-state index contributed by atoms with van der Waals surface area (Å²) >= 11 is 1.36. The van der Waals surface area contributed by atoms with Gasteiger partial charge in [0, 0.05) is 25.5 Å². The van der Waals surface area contributed by atoms with Gasteiger partial charge in [-0.15, -0.1) is 10.2 Å². The maximum absolute atomic E-state index is 12.4. The highest BCUT2D eigenvalue weighted by Crippen LogP contribution is 2.24. The van der Waals surface area contributed by atoms with Crippen LogP contribution in [0, 0.1) is 0 Å².